The topological polar surface area (TPSA) is 39.7 Å². The van der Waals surface area contributed by atoms with Gasteiger partial charge in [0.25, 0.3) is 0 Å². The van der Waals surface area contributed by atoms with E-state index in [9.17, 15) is 4.39 Å². The summed E-state index contributed by atoms with van der Waals surface area (Å²) in [5.41, 5.74) is 2.82. The summed E-state index contributed by atoms with van der Waals surface area (Å²) in [4.78, 5) is 0. The second kappa shape index (κ2) is 11.4. The van der Waals surface area contributed by atoms with E-state index in [1.54, 1.807) is 13.2 Å². The average molecular weight is 509 g/mol. The van der Waals surface area contributed by atoms with Crippen molar-refractivity contribution in [2.24, 2.45) is 0 Å². The molecule has 0 amide bonds. The lowest BCUT2D eigenvalue weighted by atomic mass is 10.1. The van der Waals surface area contributed by atoms with Crippen molar-refractivity contribution in [1.29, 1.82) is 0 Å². The zero-order valence-electron chi connectivity index (χ0n) is 17.4. The highest BCUT2D eigenvalue weighted by molar-refractivity contribution is 9.10. The van der Waals surface area contributed by atoms with Crippen LogP contribution in [0.4, 0.5) is 4.39 Å². The van der Waals surface area contributed by atoms with E-state index in [4.69, 9.17) is 25.8 Å². The lowest BCUT2D eigenvalue weighted by Gasteiger charge is -2.16. The summed E-state index contributed by atoms with van der Waals surface area (Å²) in [7, 11) is 1.67. The smallest absolute Gasteiger partial charge is 0.175 e. The maximum Gasteiger partial charge on any atom is 0.175 e. The Labute approximate surface area is 195 Å². The first-order valence-electron chi connectivity index (χ1n) is 9.86. The molecule has 0 aromatic heterocycles. The predicted molar refractivity (Wildman–Crippen MR) is 125 cm³/mol. The van der Waals surface area contributed by atoms with Crippen molar-refractivity contribution in [2.45, 2.75) is 26.6 Å². The Bertz CT molecular complexity index is 1030. The van der Waals surface area contributed by atoms with Gasteiger partial charge in [-0.1, -0.05) is 35.9 Å². The molecule has 4 nitrogen and oxygen atoms in total. The number of rotatable bonds is 10. The third kappa shape index (κ3) is 6.35. The summed E-state index contributed by atoms with van der Waals surface area (Å²) < 4.78 is 31.2. The maximum absolute atomic E-state index is 13.3. The van der Waals surface area contributed by atoms with Gasteiger partial charge >= 0.3 is 0 Å². The largest absolute Gasteiger partial charge is 0.496 e. The third-order valence-corrected chi connectivity index (χ3v) is 5.53. The Morgan fingerprint density at radius 1 is 0.968 bits per heavy atom. The minimum absolute atomic E-state index is 0.198. The molecule has 7 heteroatoms. The van der Waals surface area contributed by atoms with Crippen molar-refractivity contribution in [2.75, 3.05) is 13.7 Å². The molecule has 0 saturated carbocycles. The van der Waals surface area contributed by atoms with Gasteiger partial charge in [-0.05, 0) is 58.7 Å². The first-order valence-corrected chi connectivity index (χ1v) is 11.0. The molecule has 0 radical (unpaired) electrons. The zero-order valence-corrected chi connectivity index (χ0v) is 19.7. The van der Waals surface area contributed by atoms with Gasteiger partial charge in [-0.25, -0.2) is 4.39 Å². The van der Waals surface area contributed by atoms with Gasteiger partial charge in [0, 0.05) is 24.2 Å². The van der Waals surface area contributed by atoms with Crippen molar-refractivity contribution in [3.63, 3.8) is 0 Å². The molecule has 0 atom stereocenters. The second-order valence-corrected chi connectivity index (χ2v) is 8.04. The van der Waals surface area contributed by atoms with E-state index >= 15 is 0 Å². The molecule has 3 rings (SSSR count). The minimum atomic E-state index is -0.380. The first-order chi connectivity index (χ1) is 15.0. The molecule has 0 fully saturated rings. The van der Waals surface area contributed by atoms with Crippen LogP contribution in [0.3, 0.4) is 0 Å². The number of ether oxygens (including phenoxy) is 3. The molecule has 0 bridgehead atoms. The summed E-state index contributed by atoms with van der Waals surface area (Å²) in [5, 5.41) is 3.75. The second-order valence-electron chi connectivity index (χ2n) is 6.78. The van der Waals surface area contributed by atoms with Crippen LogP contribution in [-0.4, -0.2) is 13.7 Å². The molecule has 0 heterocycles. The lowest BCUT2D eigenvalue weighted by Crippen LogP contribution is -2.13. The van der Waals surface area contributed by atoms with Crippen LogP contribution in [0.15, 0.2) is 59.1 Å². The summed E-state index contributed by atoms with van der Waals surface area (Å²) >= 11 is 9.70. The van der Waals surface area contributed by atoms with Gasteiger partial charge in [-0.15, -0.1) is 0 Å². The molecule has 3 aromatic carbocycles. The number of methoxy groups -OCH3 is 1. The van der Waals surface area contributed by atoms with Gasteiger partial charge in [0.1, 0.15) is 18.2 Å². The van der Waals surface area contributed by atoms with Crippen molar-refractivity contribution < 1.29 is 18.6 Å². The number of para-hydroxylation sites is 1. The fourth-order valence-corrected chi connectivity index (χ4v) is 3.93. The van der Waals surface area contributed by atoms with Crippen LogP contribution in [-0.2, 0) is 19.7 Å². The molecule has 0 saturated heterocycles. The van der Waals surface area contributed by atoms with Crippen LogP contribution in [0.1, 0.15) is 23.6 Å². The predicted octanol–water partition coefficient (Wildman–Crippen LogP) is 6.52. The van der Waals surface area contributed by atoms with Crippen LogP contribution >= 0.6 is 27.5 Å². The van der Waals surface area contributed by atoms with Crippen molar-refractivity contribution in [1.82, 2.24) is 5.32 Å². The molecular formula is C24H24BrClFNO3. The number of hydrogen-bond donors (Lipinski definition) is 1. The van der Waals surface area contributed by atoms with Gasteiger partial charge in [-0.2, -0.15) is 0 Å². The highest BCUT2D eigenvalue weighted by Gasteiger charge is 2.14. The summed E-state index contributed by atoms with van der Waals surface area (Å²) in [6.45, 7) is 3.93. The van der Waals surface area contributed by atoms with Crippen molar-refractivity contribution in [3.05, 3.63) is 86.6 Å². The van der Waals surface area contributed by atoms with E-state index in [0.717, 1.165) is 21.3 Å². The molecule has 0 aliphatic rings. The van der Waals surface area contributed by atoms with Crippen LogP contribution in [0.2, 0.25) is 5.02 Å². The highest BCUT2D eigenvalue weighted by atomic mass is 79.9. The van der Waals surface area contributed by atoms with Gasteiger partial charge in [0.2, 0.25) is 0 Å². The minimum Gasteiger partial charge on any atom is -0.496 e. The number of halogens is 3. The van der Waals surface area contributed by atoms with Gasteiger partial charge < -0.3 is 19.5 Å². The van der Waals surface area contributed by atoms with Gasteiger partial charge in [0.05, 0.1) is 23.2 Å². The molecule has 0 aliphatic heterocycles. The van der Waals surface area contributed by atoms with Crippen LogP contribution in [0, 0.1) is 5.82 Å². The zero-order chi connectivity index (χ0) is 22.2. The van der Waals surface area contributed by atoms with Crippen LogP contribution < -0.4 is 19.5 Å². The molecule has 0 aliphatic carbocycles. The fraction of sp³-hybridized carbons (Fsp3) is 0.250. The van der Waals surface area contributed by atoms with E-state index in [-0.39, 0.29) is 12.4 Å². The quantitative estimate of drug-likeness (QED) is 0.338. The standard InChI is InChI=1S/C24H24BrClFNO3/c1-3-30-23-11-16(13-28-14-17-6-4-5-7-22(17)29-2)10-20(25)24(23)31-15-18-8-9-19(27)12-21(18)26/h4-12,28H,3,13-15H2,1-2H3. The van der Waals surface area contributed by atoms with E-state index in [0.29, 0.717) is 41.8 Å². The van der Waals surface area contributed by atoms with Crippen molar-refractivity contribution in [3.8, 4) is 17.2 Å². The monoisotopic (exact) mass is 507 g/mol. The summed E-state index contributed by atoms with van der Waals surface area (Å²) in [5.74, 6) is 1.68. The van der Waals surface area contributed by atoms with Gasteiger partial charge in [-0.3, -0.25) is 0 Å². The molecule has 164 valence electrons. The van der Waals surface area contributed by atoms with E-state index in [2.05, 4.69) is 21.2 Å². The normalized spacial score (nSPS) is 10.7. The molecule has 31 heavy (non-hydrogen) atoms. The number of benzene rings is 3. The fourth-order valence-electron chi connectivity index (χ4n) is 3.11. The SMILES string of the molecule is CCOc1cc(CNCc2ccccc2OC)cc(Br)c1OCc1ccc(F)cc1Cl. The first kappa shape index (κ1) is 23.4. The molecule has 3 aromatic rings. The van der Waals surface area contributed by atoms with E-state index in [1.807, 2.05) is 43.3 Å². The molecule has 0 unspecified atom stereocenters. The summed E-state index contributed by atoms with van der Waals surface area (Å²) in [6, 6.07) is 16.1. The Kier molecular flexibility index (Phi) is 8.58. The Balaban J connectivity index is 1.70. The molecule has 1 N–H and O–H groups in total. The molecular weight excluding hydrogens is 485 g/mol. The molecule has 0 spiro atoms. The summed E-state index contributed by atoms with van der Waals surface area (Å²) in [6.07, 6.45) is 0. The van der Waals surface area contributed by atoms with E-state index < -0.39 is 0 Å². The highest BCUT2D eigenvalue weighted by Crippen LogP contribution is 2.38. The average Bonchev–Trinajstić information content (AvgIpc) is 2.75. The number of nitrogens with one attached hydrogen (secondary N) is 1. The lowest BCUT2D eigenvalue weighted by molar-refractivity contribution is 0.267. The Morgan fingerprint density at radius 2 is 1.77 bits per heavy atom. The van der Waals surface area contributed by atoms with Crippen molar-refractivity contribution >= 4 is 27.5 Å². The Morgan fingerprint density at radius 3 is 2.52 bits per heavy atom. The Hall–Kier alpha value is -2.28. The van der Waals surface area contributed by atoms with E-state index in [1.165, 1.54) is 12.1 Å². The van der Waals surface area contributed by atoms with Crippen LogP contribution in [0.25, 0.3) is 0 Å². The third-order valence-electron chi connectivity index (χ3n) is 4.59. The van der Waals surface area contributed by atoms with Crippen LogP contribution in [0.5, 0.6) is 17.2 Å². The number of hydrogen-bond acceptors (Lipinski definition) is 4. The van der Waals surface area contributed by atoms with Gasteiger partial charge in [0.15, 0.2) is 11.5 Å². The maximum atomic E-state index is 13.3.